The standard InChI is InChI=1S/C14H19ClF2N2O/c1-9-6-18-7-10(2)19(9)8-11-5-12(15)3-4-13(11)20-14(16)17/h3-5,9-10,14,18H,6-8H2,1-2H3. The van der Waals surface area contributed by atoms with Crippen molar-refractivity contribution in [2.45, 2.75) is 39.1 Å². The van der Waals surface area contributed by atoms with Crippen LogP contribution in [0.2, 0.25) is 5.02 Å². The highest BCUT2D eigenvalue weighted by molar-refractivity contribution is 6.30. The Morgan fingerprint density at radius 1 is 1.35 bits per heavy atom. The number of halogens is 3. The predicted octanol–water partition coefficient (Wildman–Crippen LogP) is 3.12. The van der Waals surface area contributed by atoms with E-state index in [-0.39, 0.29) is 5.75 Å². The van der Waals surface area contributed by atoms with Gasteiger partial charge >= 0.3 is 6.61 Å². The Bertz CT molecular complexity index is 449. The molecular weight excluding hydrogens is 286 g/mol. The monoisotopic (exact) mass is 304 g/mol. The van der Waals surface area contributed by atoms with Crippen LogP contribution in [0.15, 0.2) is 18.2 Å². The molecule has 2 rings (SSSR count). The minimum atomic E-state index is -2.83. The van der Waals surface area contributed by atoms with Crippen LogP contribution in [-0.2, 0) is 6.54 Å². The van der Waals surface area contributed by atoms with Crippen molar-refractivity contribution in [2.75, 3.05) is 13.1 Å². The van der Waals surface area contributed by atoms with E-state index in [0.717, 1.165) is 13.1 Å². The zero-order valence-corrected chi connectivity index (χ0v) is 12.3. The van der Waals surface area contributed by atoms with E-state index in [0.29, 0.717) is 29.2 Å². The van der Waals surface area contributed by atoms with E-state index >= 15 is 0 Å². The number of nitrogens with zero attached hydrogens (tertiary/aromatic N) is 1. The summed E-state index contributed by atoms with van der Waals surface area (Å²) in [7, 11) is 0. The second kappa shape index (κ2) is 6.70. The first-order valence-corrected chi connectivity index (χ1v) is 7.05. The van der Waals surface area contributed by atoms with E-state index in [4.69, 9.17) is 11.6 Å². The summed E-state index contributed by atoms with van der Waals surface area (Å²) in [6.45, 7) is 3.72. The summed E-state index contributed by atoms with van der Waals surface area (Å²) in [5.41, 5.74) is 0.693. The molecular formula is C14H19ClF2N2O. The molecule has 1 heterocycles. The first kappa shape index (κ1) is 15.5. The molecule has 1 aliphatic rings. The molecule has 0 radical (unpaired) electrons. The molecule has 0 saturated carbocycles. The van der Waals surface area contributed by atoms with Gasteiger partial charge < -0.3 is 10.1 Å². The molecule has 0 aromatic heterocycles. The van der Waals surface area contributed by atoms with Gasteiger partial charge in [0.05, 0.1) is 0 Å². The lowest BCUT2D eigenvalue weighted by Crippen LogP contribution is -2.54. The second-order valence-electron chi connectivity index (χ2n) is 5.16. The van der Waals surface area contributed by atoms with Gasteiger partial charge in [0.25, 0.3) is 0 Å². The van der Waals surface area contributed by atoms with Crippen molar-refractivity contribution in [3.8, 4) is 5.75 Å². The van der Waals surface area contributed by atoms with Gasteiger partial charge in [0, 0.05) is 42.3 Å². The van der Waals surface area contributed by atoms with Gasteiger partial charge in [-0.2, -0.15) is 8.78 Å². The number of benzene rings is 1. The molecule has 2 atom stereocenters. The van der Waals surface area contributed by atoms with E-state index in [9.17, 15) is 8.78 Å². The van der Waals surface area contributed by atoms with Crippen molar-refractivity contribution in [1.82, 2.24) is 10.2 Å². The van der Waals surface area contributed by atoms with Crippen molar-refractivity contribution in [3.63, 3.8) is 0 Å². The van der Waals surface area contributed by atoms with Gasteiger partial charge in [-0.3, -0.25) is 4.90 Å². The fraction of sp³-hybridized carbons (Fsp3) is 0.571. The van der Waals surface area contributed by atoms with Crippen LogP contribution in [0.1, 0.15) is 19.4 Å². The van der Waals surface area contributed by atoms with Crippen LogP contribution in [-0.4, -0.2) is 36.7 Å². The number of piperazine rings is 1. The lowest BCUT2D eigenvalue weighted by molar-refractivity contribution is -0.0510. The molecule has 1 saturated heterocycles. The Balaban J connectivity index is 2.20. The quantitative estimate of drug-likeness (QED) is 0.925. The van der Waals surface area contributed by atoms with E-state index in [1.54, 1.807) is 12.1 Å². The summed E-state index contributed by atoms with van der Waals surface area (Å²) in [6.07, 6.45) is 0. The maximum atomic E-state index is 12.5. The van der Waals surface area contributed by atoms with Crippen molar-refractivity contribution in [2.24, 2.45) is 0 Å². The molecule has 0 amide bonds. The Labute approximate surface area is 122 Å². The van der Waals surface area contributed by atoms with Crippen molar-refractivity contribution in [3.05, 3.63) is 28.8 Å². The first-order chi connectivity index (χ1) is 9.47. The number of nitrogens with one attached hydrogen (secondary N) is 1. The van der Waals surface area contributed by atoms with Crippen LogP contribution < -0.4 is 10.1 Å². The van der Waals surface area contributed by atoms with Crippen LogP contribution in [0.3, 0.4) is 0 Å². The highest BCUT2D eigenvalue weighted by Gasteiger charge is 2.25. The molecule has 112 valence electrons. The topological polar surface area (TPSA) is 24.5 Å². The molecule has 0 bridgehead atoms. The highest BCUT2D eigenvalue weighted by atomic mass is 35.5. The zero-order chi connectivity index (χ0) is 14.7. The van der Waals surface area contributed by atoms with Gasteiger partial charge in [0.2, 0.25) is 0 Å². The summed E-state index contributed by atoms with van der Waals surface area (Å²) < 4.78 is 29.5. The highest BCUT2D eigenvalue weighted by Crippen LogP contribution is 2.27. The summed E-state index contributed by atoms with van der Waals surface area (Å²) in [6, 6.07) is 5.42. The molecule has 6 heteroatoms. The molecule has 0 spiro atoms. The Kier molecular flexibility index (Phi) is 5.18. The number of ether oxygens (including phenoxy) is 1. The van der Waals surface area contributed by atoms with Crippen LogP contribution >= 0.6 is 11.6 Å². The largest absolute Gasteiger partial charge is 0.434 e. The Morgan fingerprint density at radius 2 is 2.00 bits per heavy atom. The van der Waals surface area contributed by atoms with Gasteiger partial charge in [-0.05, 0) is 32.0 Å². The third kappa shape index (κ3) is 3.81. The summed E-state index contributed by atoms with van der Waals surface area (Å²) in [5.74, 6) is 0.197. The molecule has 1 N–H and O–H groups in total. The average Bonchev–Trinajstić information content (AvgIpc) is 2.36. The summed E-state index contributed by atoms with van der Waals surface area (Å²) in [5, 5.41) is 3.86. The molecule has 0 aliphatic carbocycles. The second-order valence-corrected chi connectivity index (χ2v) is 5.60. The Morgan fingerprint density at radius 3 is 2.60 bits per heavy atom. The number of rotatable bonds is 4. The normalized spacial score (nSPS) is 24.1. The lowest BCUT2D eigenvalue weighted by Gasteiger charge is -2.39. The van der Waals surface area contributed by atoms with Crippen molar-refractivity contribution in [1.29, 1.82) is 0 Å². The SMILES string of the molecule is CC1CNCC(C)N1Cc1cc(Cl)ccc1OC(F)F. The number of alkyl halides is 2. The molecule has 1 fully saturated rings. The molecule has 1 aliphatic heterocycles. The minimum absolute atomic E-state index is 0.197. The minimum Gasteiger partial charge on any atom is -0.434 e. The predicted molar refractivity (Wildman–Crippen MR) is 75.4 cm³/mol. The van der Waals surface area contributed by atoms with E-state index in [1.165, 1.54) is 6.07 Å². The first-order valence-electron chi connectivity index (χ1n) is 6.67. The Hall–Kier alpha value is -0.910. The lowest BCUT2D eigenvalue weighted by atomic mass is 10.1. The number of hydrogen-bond acceptors (Lipinski definition) is 3. The molecule has 1 aromatic carbocycles. The smallest absolute Gasteiger partial charge is 0.387 e. The third-order valence-corrected chi connectivity index (χ3v) is 3.84. The van der Waals surface area contributed by atoms with Crippen LogP contribution in [0.25, 0.3) is 0 Å². The zero-order valence-electron chi connectivity index (χ0n) is 11.6. The molecule has 2 unspecified atom stereocenters. The van der Waals surface area contributed by atoms with Crippen LogP contribution in [0.4, 0.5) is 8.78 Å². The maximum Gasteiger partial charge on any atom is 0.387 e. The third-order valence-electron chi connectivity index (χ3n) is 3.60. The van der Waals surface area contributed by atoms with E-state index in [1.807, 2.05) is 0 Å². The average molecular weight is 305 g/mol. The van der Waals surface area contributed by atoms with Gasteiger partial charge in [0.15, 0.2) is 0 Å². The fourth-order valence-electron chi connectivity index (χ4n) is 2.56. The van der Waals surface area contributed by atoms with E-state index < -0.39 is 6.61 Å². The summed E-state index contributed by atoms with van der Waals surface area (Å²) in [4.78, 5) is 2.26. The van der Waals surface area contributed by atoms with Gasteiger partial charge in [-0.15, -0.1) is 0 Å². The van der Waals surface area contributed by atoms with Crippen LogP contribution in [0.5, 0.6) is 5.75 Å². The molecule has 3 nitrogen and oxygen atoms in total. The van der Waals surface area contributed by atoms with Crippen molar-refractivity contribution >= 4 is 11.6 Å². The molecule has 20 heavy (non-hydrogen) atoms. The molecule has 1 aromatic rings. The maximum absolute atomic E-state index is 12.5. The van der Waals surface area contributed by atoms with Crippen molar-refractivity contribution < 1.29 is 13.5 Å². The van der Waals surface area contributed by atoms with E-state index in [2.05, 4.69) is 28.8 Å². The van der Waals surface area contributed by atoms with Gasteiger partial charge in [0.1, 0.15) is 5.75 Å². The summed E-state index contributed by atoms with van der Waals surface area (Å²) >= 11 is 5.97. The van der Waals surface area contributed by atoms with Gasteiger partial charge in [-0.25, -0.2) is 0 Å². The fourth-order valence-corrected chi connectivity index (χ4v) is 2.76. The van der Waals surface area contributed by atoms with Crippen LogP contribution in [0, 0.1) is 0 Å². The van der Waals surface area contributed by atoms with Gasteiger partial charge in [-0.1, -0.05) is 11.6 Å². The number of hydrogen-bond donors (Lipinski definition) is 1.